The number of carbonyl (C=O) groups excluding carboxylic acids is 1. The van der Waals surface area contributed by atoms with Gasteiger partial charge in [0.15, 0.2) is 9.84 Å². The summed E-state index contributed by atoms with van der Waals surface area (Å²) in [4.78, 5) is 12.1. The number of halogens is 1. The largest absolute Gasteiger partial charge is 0.468 e. The molecule has 0 saturated heterocycles. The minimum atomic E-state index is -3.26. The van der Waals surface area contributed by atoms with Gasteiger partial charge in [-0.3, -0.25) is 4.79 Å². The number of hydrogen-bond acceptors (Lipinski definition) is 4. The predicted molar refractivity (Wildman–Crippen MR) is 74.8 cm³/mol. The van der Waals surface area contributed by atoms with Crippen molar-refractivity contribution in [1.82, 2.24) is 0 Å². The van der Waals surface area contributed by atoms with Crippen molar-refractivity contribution in [3.05, 3.63) is 28.2 Å². The minimum Gasteiger partial charge on any atom is -0.468 e. The van der Waals surface area contributed by atoms with Gasteiger partial charge in [0.05, 0.1) is 23.2 Å². The maximum atomic E-state index is 11.9. The number of carbonyl (C=O) groups is 1. The standard InChI is InChI=1S/C13H15BrO4S/c1-3-19(16,17)11-5-4-9(8-10(11)14)13(6-7-13)12(15)18-2/h4-5,8H,3,6-7H2,1-2H3. The highest BCUT2D eigenvalue weighted by Crippen LogP contribution is 2.50. The Labute approximate surface area is 121 Å². The van der Waals surface area contributed by atoms with Crippen molar-refractivity contribution in [3.8, 4) is 0 Å². The van der Waals surface area contributed by atoms with Crippen LogP contribution in [0.1, 0.15) is 25.3 Å². The average molecular weight is 347 g/mol. The molecule has 19 heavy (non-hydrogen) atoms. The van der Waals surface area contributed by atoms with Gasteiger partial charge in [0.1, 0.15) is 0 Å². The summed E-state index contributed by atoms with van der Waals surface area (Å²) in [5, 5.41) is 0. The number of benzene rings is 1. The number of ether oxygens (including phenoxy) is 1. The summed E-state index contributed by atoms with van der Waals surface area (Å²) in [6, 6.07) is 4.98. The lowest BCUT2D eigenvalue weighted by Crippen LogP contribution is -2.22. The summed E-state index contributed by atoms with van der Waals surface area (Å²) in [6.07, 6.45) is 1.48. The molecule has 1 saturated carbocycles. The van der Waals surface area contributed by atoms with Crippen LogP contribution in [0.2, 0.25) is 0 Å². The average Bonchev–Trinajstić information content (AvgIpc) is 3.19. The van der Waals surface area contributed by atoms with E-state index in [4.69, 9.17) is 4.74 Å². The molecule has 104 valence electrons. The van der Waals surface area contributed by atoms with Crippen molar-refractivity contribution < 1.29 is 17.9 Å². The molecule has 1 aliphatic carbocycles. The van der Waals surface area contributed by atoms with Crippen LogP contribution >= 0.6 is 15.9 Å². The first kappa shape index (κ1) is 14.5. The molecule has 1 aromatic rings. The molecule has 0 unspecified atom stereocenters. The molecule has 1 aromatic carbocycles. The number of esters is 1. The molecule has 4 nitrogen and oxygen atoms in total. The third kappa shape index (κ3) is 2.43. The second kappa shape index (κ2) is 4.90. The lowest BCUT2D eigenvalue weighted by Gasteiger charge is -2.14. The first-order chi connectivity index (χ1) is 8.87. The highest BCUT2D eigenvalue weighted by atomic mass is 79.9. The smallest absolute Gasteiger partial charge is 0.316 e. The van der Waals surface area contributed by atoms with Gasteiger partial charge in [-0.05, 0) is 46.5 Å². The van der Waals surface area contributed by atoms with Crippen molar-refractivity contribution in [2.75, 3.05) is 12.9 Å². The minimum absolute atomic E-state index is 0.0487. The topological polar surface area (TPSA) is 60.4 Å². The lowest BCUT2D eigenvalue weighted by molar-refractivity contribution is -0.143. The fourth-order valence-electron chi connectivity index (χ4n) is 2.14. The van der Waals surface area contributed by atoms with E-state index in [2.05, 4.69) is 15.9 Å². The summed E-state index contributed by atoms with van der Waals surface area (Å²) in [6.45, 7) is 1.60. The Balaban J connectivity index is 2.44. The predicted octanol–water partition coefficient (Wildman–Crippen LogP) is 2.45. The van der Waals surface area contributed by atoms with Gasteiger partial charge in [-0.1, -0.05) is 13.0 Å². The van der Waals surface area contributed by atoms with E-state index < -0.39 is 15.3 Å². The summed E-state index contributed by atoms with van der Waals surface area (Å²) < 4.78 is 29.1. The normalized spacial score (nSPS) is 17.0. The number of hydrogen-bond donors (Lipinski definition) is 0. The molecule has 0 radical (unpaired) electrons. The van der Waals surface area contributed by atoms with Crippen molar-refractivity contribution in [3.63, 3.8) is 0 Å². The third-order valence-electron chi connectivity index (χ3n) is 3.53. The van der Waals surface area contributed by atoms with Gasteiger partial charge in [0.25, 0.3) is 0 Å². The molecule has 0 N–H and O–H groups in total. The third-order valence-corrected chi connectivity index (χ3v) is 6.23. The number of sulfone groups is 1. The van der Waals surface area contributed by atoms with Gasteiger partial charge in [-0.15, -0.1) is 0 Å². The Bertz CT molecular complexity index is 618. The Kier molecular flexibility index (Phi) is 3.75. The monoisotopic (exact) mass is 346 g/mol. The maximum Gasteiger partial charge on any atom is 0.316 e. The highest BCUT2D eigenvalue weighted by Gasteiger charge is 2.52. The molecule has 6 heteroatoms. The first-order valence-electron chi connectivity index (χ1n) is 5.98. The van der Waals surface area contributed by atoms with Crippen LogP contribution in [0.3, 0.4) is 0 Å². The van der Waals surface area contributed by atoms with Crippen molar-refractivity contribution >= 4 is 31.7 Å². The van der Waals surface area contributed by atoms with E-state index in [9.17, 15) is 13.2 Å². The van der Waals surface area contributed by atoms with E-state index in [1.54, 1.807) is 25.1 Å². The fourth-order valence-corrected chi connectivity index (χ4v) is 4.20. The first-order valence-corrected chi connectivity index (χ1v) is 8.43. The number of rotatable bonds is 4. The Morgan fingerprint density at radius 1 is 1.42 bits per heavy atom. The molecule has 0 bridgehead atoms. The second-order valence-corrected chi connectivity index (χ2v) is 7.72. The van der Waals surface area contributed by atoms with Gasteiger partial charge in [0, 0.05) is 4.47 Å². The van der Waals surface area contributed by atoms with E-state index in [0.717, 1.165) is 18.4 Å². The molecular formula is C13H15BrO4S. The van der Waals surface area contributed by atoms with Gasteiger partial charge in [-0.2, -0.15) is 0 Å². The van der Waals surface area contributed by atoms with Crippen LogP contribution in [-0.2, 0) is 24.8 Å². The molecule has 1 aliphatic rings. The van der Waals surface area contributed by atoms with Crippen LogP contribution < -0.4 is 0 Å². The van der Waals surface area contributed by atoms with Gasteiger partial charge < -0.3 is 4.74 Å². The van der Waals surface area contributed by atoms with Crippen molar-refractivity contribution in [2.24, 2.45) is 0 Å². The fraction of sp³-hybridized carbons (Fsp3) is 0.462. The molecule has 0 heterocycles. The van der Waals surface area contributed by atoms with Crippen molar-refractivity contribution in [1.29, 1.82) is 0 Å². The Hall–Kier alpha value is -0.880. The molecule has 0 amide bonds. The lowest BCUT2D eigenvalue weighted by atomic mass is 9.96. The van der Waals surface area contributed by atoms with Crippen molar-refractivity contribution in [2.45, 2.75) is 30.1 Å². The summed E-state index contributed by atoms with van der Waals surface area (Å²) >= 11 is 3.28. The Morgan fingerprint density at radius 2 is 2.05 bits per heavy atom. The highest BCUT2D eigenvalue weighted by molar-refractivity contribution is 9.10. The maximum absolute atomic E-state index is 11.9. The summed E-state index contributed by atoms with van der Waals surface area (Å²) in [5.74, 6) is -0.210. The zero-order valence-electron chi connectivity index (χ0n) is 10.8. The van der Waals surface area contributed by atoms with Gasteiger partial charge in [-0.25, -0.2) is 8.42 Å². The van der Waals surface area contributed by atoms with E-state index in [1.165, 1.54) is 7.11 Å². The molecule has 0 aromatic heterocycles. The van der Waals surface area contributed by atoms with Gasteiger partial charge in [0.2, 0.25) is 0 Å². The molecule has 0 aliphatic heterocycles. The zero-order valence-corrected chi connectivity index (χ0v) is 13.2. The Morgan fingerprint density at radius 3 is 2.47 bits per heavy atom. The molecule has 2 rings (SSSR count). The quantitative estimate of drug-likeness (QED) is 0.785. The van der Waals surface area contributed by atoms with Crippen LogP contribution in [0.15, 0.2) is 27.6 Å². The van der Waals surface area contributed by atoms with Gasteiger partial charge >= 0.3 is 5.97 Å². The number of methoxy groups -OCH3 is 1. The SMILES string of the molecule is CCS(=O)(=O)c1ccc(C2(C(=O)OC)CC2)cc1Br. The van der Waals surface area contributed by atoms with E-state index in [0.29, 0.717) is 4.47 Å². The molecule has 1 fully saturated rings. The van der Waals surface area contributed by atoms with Crippen LogP contribution in [0.25, 0.3) is 0 Å². The molecule has 0 spiro atoms. The molecular weight excluding hydrogens is 332 g/mol. The van der Waals surface area contributed by atoms with E-state index >= 15 is 0 Å². The zero-order chi connectivity index (χ0) is 14.3. The molecule has 0 atom stereocenters. The van der Waals surface area contributed by atoms with E-state index in [-0.39, 0.29) is 16.6 Å². The second-order valence-electron chi connectivity index (χ2n) is 4.62. The van der Waals surface area contributed by atoms with E-state index in [1.807, 2.05) is 0 Å². The van der Waals surface area contributed by atoms with Crippen LogP contribution in [0.4, 0.5) is 0 Å². The van der Waals surface area contributed by atoms with Crippen LogP contribution in [-0.4, -0.2) is 27.2 Å². The summed E-state index contributed by atoms with van der Waals surface area (Å²) in [5.41, 5.74) is 0.229. The van der Waals surface area contributed by atoms with Crippen LogP contribution in [0, 0.1) is 0 Å². The van der Waals surface area contributed by atoms with Crippen LogP contribution in [0.5, 0.6) is 0 Å². The summed E-state index contributed by atoms with van der Waals surface area (Å²) in [7, 11) is -1.89.